The molecule has 134 valence electrons. The summed E-state index contributed by atoms with van der Waals surface area (Å²) in [6, 6.07) is 7.24. The van der Waals surface area contributed by atoms with Crippen LogP contribution in [0.25, 0.3) is 11.3 Å². The predicted molar refractivity (Wildman–Crippen MR) is 96.2 cm³/mol. The summed E-state index contributed by atoms with van der Waals surface area (Å²) in [6.45, 7) is 4.76. The molecule has 8 heteroatoms. The minimum absolute atomic E-state index is 0.104. The van der Waals surface area contributed by atoms with Crippen molar-refractivity contribution in [2.24, 2.45) is 0 Å². The molecule has 25 heavy (non-hydrogen) atoms. The average molecular weight is 365 g/mol. The third-order valence-corrected chi connectivity index (χ3v) is 4.14. The van der Waals surface area contributed by atoms with Crippen LogP contribution in [0.5, 0.6) is 11.5 Å². The highest BCUT2D eigenvalue weighted by Crippen LogP contribution is 2.38. The van der Waals surface area contributed by atoms with Gasteiger partial charge in [0.1, 0.15) is 23.3 Å². The van der Waals surface area contributed by atoms with Gasteiger partial charge in [-0.25, -0.2) is 9.97 Å². The Morgan fingerprint density at radius 1 is 1.24 bits per heavy atom. The highest BCUT2D eigenvalue weighted by atomic mass is 35.5. The first-order valence-electron chi connectivity index (χ1n) is 8.07. The molecule has 1 aromatic heterocycles. The van der Waals surface area contributed by atoms with Crippen molar-refractivity contribution in [2.45, 2.75) is 0 Å². The Labute approximate surface area is 151 Å². The molecule has 0 saturated carbocycles. The molecule has 1 fully saturated rings. The Morgan fingerprint density at radius 2 is 2.00 bits per heavy atom. The predicted octanol–water partition coefficient (Wildman–Crippen LogP) is 2.10. The number of anilines is 1. The maximum absolute atomic E-state index is 6.02. The highest BCUT2D eigenvalue weighted by Gasteiger charge is 2.17. The lowest BCUT2D eigenvalue weighted by Gasteiger charge is -2.26. The molecule has 0 bridgehead atoms. The Bertz CT molecular complexity index is 703. The van der Waals surface area contributed by atoms with Gasteiger partial charge in [0.2, 0.25) is 5.95 Å². The summed E-state index contributed by atoms with van der Waals surface area (Å²) in [6.07, 6.45) is 0. The summed E-state index contributed by atoms with van der Waals surface area (Å²) in [5, 5.41) is 0.271. The zero-order valence-electron chi connectivity index (χ0n) is 14.1. The molecule has 1 aliphatic rings. The summed E-state index contributed by atoms with van der Waals surface area (Å²) >= 11 is 6.02. The molecule has 0 aliphatic carbocycles. The first-order chi connectivity index (χ1) is 12.2. The molecule has 2 N–H and O–H groups in total. The molecule has 1 saturated heterocycles. The fourth-order valence-corrected chi connectivity index (χ4v) is 2.92. The second-order valence-electron chi connectivity index (χ2n) is 5.57. The molecule has 0 atom stereocenters. The van der Waals surface area contributed by atoms with Crippen molar-refractivity contribution in [1.82, 2.24) is 14.9 Å². The van der Waals surface area contributed by atoms with E-state index in [0.717, 1.165) is 32.8 Å². The largest absolute Gasteiger partial charge is 0.496 e. The summed E-state index contributed by atoms with van der Waals surface area (Å²) in [7, 11) is 1.60. The van der Waals surface area contributed by atoms with Gasteiger partial charge in [-0.05, 0) is 12.1 Å². The molecule has 0 amide bonds. The molecule has 0 unspecified atom stereocenters. The SMILES string of the molecule is COc1cccc(OCCN2CCOCC2)c1-c1cc(Cl)nc(N)n1. The maximum Gasteiger partial charge on any atom is 0.221 e. The number of aromatic nitrogens is 2. The third-order valence-electron chi connectivity index (χ3n) is 3.95. The fourth-order valence-electron chi connectivity index (χ4n) is 2.73. The van der Waals surface area contributed by atoms with Crippen molar-refractivity contribution in [3.8, 4) is 22.8 Å². The van der Waals surface area contributed by atoms with Crippen LogP contribution in [0.3, 0.4) is 0 Å². The number of hydrogen-bond acceptors (Lipinski definition) is 7. The number of halogens is 1. The van der Waals surface area contributed by atoms with E-state index in [1.54, 1.807) is 13.2 Å². The average Bonchev–Trinajstić information content (AvgIpc) is 2.61. The molecule has 3 rings (SSSR count). The topological polar surface area (TPSA) is 82.7 Å². The van der Waals surface area contributed by atoms with Gasteiger partial charge >= 0.3 is 0 Å². The van der Waals surface area contributed by atoms with Gasteiger partial charge in [0.05, 0.1) is 31.6 Å². The first-order valence-corrected chi connectivity index (χ1v) is 8.45. The normalized spacial score (nSPS) is 15.1. The standard InChI is InChI=1S/C17H21ClN4O3/c1-23-13-3-2-4-14(25-10-7-22-5-8-24-9-6-22)16(13)12-11-15(18)21-17(19)20-12/h2-4,11H,5-10H2,1H3,(H2,19,20,21). The van der Waals surface area contributed by atoms with Crippen LogP contribution < -0.4 is 15.2 Å². The van der Waals surface area contributed by atoms with Crippen LogP contribution in [0.1, 0.15) is 0 Å². The van der Waals surface area contributed by atoms with Crippen LogP contribution in [0.15, 0.2) is 24.3 Å². The number of methoxy groups -OCH3 is 1. The Balaban J connectivity index is 1.81. The van der Waals surface area contributed by atoms with Gasteiger partial charge in [-0.15, -0.1) is 0 Å². The van der Waals surface area contributed by atoms with Crippen LogP contribution in [0, 0.1) is 0 Å². The van der Waals surface area contributed by atoms with E-state index >= 15 is 0 Å². The fraction of sp³-hybridized carbons (Fsp3) is 0.412. The summed E-state index contributed by atoms with van der Waals surface area (Å²) in [5.41, 5.74) is 7.01. The van der Waals surface area contributed by atoms with Crippen LogP contribution in [0.2, 0.25) is 5.15 Å². The molecule has 7 nitrogen and oxygen atoms in total. The quantitative estimate of drug-likeness (QED) is 0.786. The number of nitrogen functional groups attached to an aromatic ring is 1. The van der Waals surface area contributed by atoms with Gasteiger partial charge in [0.25, 0.3) is 0 Å². The van der Waals surface area contributed by atoms with Gasteiger partial charge in [0, 0.05) is 25.7 Å². The number of rotatable bonds is 6. The van der Waals surface area contributed by atoms with E-state index in [4.69, 9.17) is 31.5 Å². The Hall–Kier alpha value is -2.09. The number of nitrogens with zero attached hydrogens (tertiary/aromatic N) is 3. The molecule has 0 radical (unpaired) electrons. The minimum atomic E-state index is 0.104. The van der Waals surface area contributed by atoms with E-state index < -0.39 is 0 Å². The van der Waals surface area contributed by atoms with Crippen LogP contribution in [-0.2, 0) is 4.74 Å². The monoisotopic (exact) mass is 364 g/mol. The third kappa shape index (κ3) is 4.50. The maximum atomic E-state index is 6.02. The zero-order valence-corrected chi connectivity index (χ0v) is 14.8. The van der Waals surface area contributed by atoms with E-state index in [-0.39, 0.29) is 11.1 Å². The van der Waals surface area contributed by atoms with Crippen LogP contribution in [0.4, 0.5) is 5.95 Å². The van der Waals surface area contributed by atoms with Gasteiger partial charge in [-0.3, -0.25) is 4.90 Å². The van der Waals surface area contributed by atoms with Crippen molar-refractivity contribution in [3.63, 3.8) is 0 Å². The van der Waals surface area contributed by atoms with Crippen molar-refractivity contribution in [2.75, 3.05) is 52.3 Å². The second-order valence-corrected chi connectivity index (χ2v) is 5.96. The number of nitrogens with two attached hydrogens (primary N) is 1. The number of benzene rings is 1. The summed E-state index contributed by atoms with van der Waals surface area (Å²) in [4.78, 5) is 10.5. The van der Waals surface area contributed by atoms with E-state index in [1.807, 2.05) is 18.2 Å². The van der Waals surface area contributed by atoms with Crippen LogP contribution >= 0.6 is 11.6 Å². The van der Waals surface area contributed by atoms with E-state index in [2.05, 4.69) is 14.9 Å². The molecule has 2 aromatic rings. The van der Waals surface area contributed by atoms with Gasteiger partial charge < -0.3 is 19.9 Å². The van der Waals surface area contributed by atoms with E-state index in [9.17, 15) is 0 Å². The van der Waals surface area contributed by atoms with E-state index in [0.29, 0.717) is 29.4 Å². The van der Waals surface area contributed by atoms with Gasteiger partial charge in [0.15, 0.2) is 0 Å². The van der Waals surface area contributed by atoms with Crippen LogP contribution in [-0.4, -0.2) is 61.4 Å². The van der Waals surface area contributed by atoms with E-state index in [1.165, 1.54) is 0 Å². The molecule has 1 aliphatic heterocycles. The van der Waals surface area contributed by atoms with Crippen molar-refractivity contribution in [3.05, 3.63) is 29.4 Å². The van der Waals surface area contributed by atoms with Crippen molar-refractivity contribution < 1.29 is 14.2 Å². The molecular formula is C17H21ClN4O3. The van der Waals surface area contributed by atoms with Crippen molar-refractivity contribution in [1.29, 1.82) is 0 Å². The highest BCUT2D eigenvalue weighted by molar-refractivity contribution is 6.29. The van der Waals surface area contributed by atoms with Gasteiger partial charge in [-0.1, -0.05) is 17.7 Å². The Morgan fingerprint density at radius 3 is 2.72 bits per heavy atom. The smallest absolute Gasteiger partial charge is 0.221 e. The molecular weight excluding hydrogens is 344 g/mol. The van der Waals surface area contributed by atoms with Crippen molar-refractivity contribution >= 4 is 17.5 Å². The Kier molecular flexibility index (Phi) is 5.91. The molecule has 1 aromatic carbocycles. The second kappa shape index (κ2) is 8.33. The summed E-state index contributed by atoms with van der Waals surface area (Å²) < 4.78 is 16.8. The number of ether oxygens (including phenoxy) is 3. The first kappa shape index (κ1) is 17.7. The van der Waals surface area contributed by atoms with Gasteiger partial charge in [-0.2, -0.15) is 0 Å². The lowest BCUT2D eigenvalue weighted by molar-refractivity contribution is 0.0323. The minimum Gasteiger partial charge on any atom is -0.496 e. The zero-order chi connectivity index (χ0) is 17.6. The lowest BCUT2D eigenvalue weighted by Crippen LogP contribution is -2.38. The number of hydrogen-bond donors (Lipinski definition) is 1. The lowest BCUT2D eigenvalue weighted by atomic mass is 10.1. The molecule has 0 spiro atoms. The summed E-state index contributed by atoms with van der Waals surface area (Å²) in [5.74, 6) is 1.41. The molecule has 2 heterocycles. The number of morpholine rings is 1.